The number of benzene rings is 1. The van der Waals surface area contributed by atoms with Crippen molar-refractivity contribution in [2.75, 3.05) is 23.9 Å². The Morgan fingerprint density at radius 3 is 2.68 bits per heavy atom. The summed E-state index contributed by atoms with van der Waals surface area (Å²) in [5, 5.41) is 2.84. The number of aromatic nitrogens is 1. The highest BCUT2D eigenvalue weighted by Gasteiger charge is 2.21. The number of anilines is 2. The van der Waals surface area contributed by atoms with Gasteiger partial charge in [0.2, 0.25) is 0 Å². The van der Waals surface area contributed by atoms with Gasteiger partial charge in [0, 0.05) is 18.2 Å². The summed E-state index contributed by atoms with van der Waals surface area (Å²) in [7, 11) is 1.60. The molecule has 1 amide bonds. The molecule has 1 N–H and O–H groups in total. The topological polar surface area (TPSA) is 54.5 Å². The molecule has 0 saturated carbocycles. The molecule has 1 atom stereocenters. The summed E-state index contributed by atoms with van der Waals surface area (Å²) >= 11 is 0. The Balaban J connectivity index is 1.66. The van der Waals surface area contributed by atoms with Gasteiger partial charge in [0.1, 0.15) is 11.6 Å². The summed E-state index contributed by atoms with van der Waals surface area (Å²) in [6, 6.07) is 11.5. The van der Waals surface area contributed by atoms with Crippen molar-refractivity contribution in [1.82, 2.24) is 4.98 Å². The lowest BCUT2D eigenvalue weighted by molar-refractivity contribution is 0.102. The summed E-state index contributed by atoms with van der Waals surface area (Å²) in [5.41, 5.74) is 1.71. The molecular weight excluding hydrogens is 314 g/mol. The number of amides is 1. The summed E-state index contributed by atoms with van der Waals surface area (Å²) in [6.07, 6.45) is 6.78. The van der Waals surface area contributed by atoms with Gasteiger partial charge >= 0.3 is 0 Å². The minimum atomic E-state index is -0.174. The van der Waals surface area contributed by atoms with Gasteiger partial charge in [-0.1, -0.05) is 6.92 Å². The third kappa shape index (κ3) is 4.10. The molecule has 3 rings (SSSR count). The van der Waals surface area contributed by atoms with Gasteiger partial charge in [-0.15, -0.1) is 0 Å². The number of rotatable bonds is 5. The summed E-state index contributed by atoms with van der Waals surface area (Å²) in [5.74, 6) is 1.12. The van der Waals surface area contributed by atoms with E-state index in [1.807, 2.05) is 18.3 Å². The number of hydrogen-bond donors (Lipinski definition) is 1. The second-order valence-corrected chi connectivity index (χ2v) is 6.34. The van der Waals surface area contributed by atoms with Crippen LogP contribution in [0.1, 0.15) is 43.0 Å². The van der Waals surface area contributed by atoms with Crippen LogP contribution < -0.4 is 15.0 Å². The Bertz CT molecular complexity index is 698. The standard InChI is InChI=1S/C20H25N3O2/c1-3-16-6-4-5-13-23(16)17-9-12-19(21-14-17)22-20(24)15-7-10-18(25-2)11-8-15/h7-12,14,16H,3-6,13H2,1-2H3,(H,21,22,24). The molecule has 5 nitrogen and oxygen atoms in total. The number of carbonyl (C=O) groups is 1. The summed E-state index contributed by atoms with van der Waals surface area (Å²) in [4.78, 5) is 19.2. The molecule has 2 heterocycles. The minimum absolute atomic E-state index is 0.174. The van der Waals surface area contributed by atoms with Crippen LogP contribution >= 0.6 is 0 Å². The highest BCUT2D eigenvalue weighted by Crippen LogP contribution is 2.26. The lowest BCUT2D eigenvalue weighted by atomic mass is 9.99. The van der Waals surface area contributed by atoms with E-state index in [2.05, 4.69) is 22.1 Å². The van der Waals surface area contributed by atoms with Crippen molar-refractivity contribution in [2.45, 2.75) is 38.6 Å². The third-order valence-corrected chi connectivity index (χ3v) is 4.77. The molecule has 0 aliphatic carbocycles. The van der Waals surface area contributed by atoms with Crippen molar-refractivity contribution in [3.05, 3.63) is 48.2 Å². The highest BCUT2D eigenvalue weighted by molar-refractivity contribution is 6.03. The van der Waals surface area contributed by atoms with Crippen LogP contribution in [0.25, 0.3) is 0 Å². The van der Waals surface area contributed by atoms with Gasteiger partial charge in [-0.05, 0) is 62.1 Å². The number of carbonyl (C=O) groups excluding carboxylic acids is 1. The predicted octanol–water partition coefficient (Wildman–Crippen LogP) is 4.11. The second-order valence-electron chi connectivity index (χ2n) is 6.34. The van der Waals surface area contributed by atoms with Crippen LogP contribution in [0.15, 0.2) is 42.6 Å². The monoisotopic (exact) mass is 339 g/mol. The van der Waals surface area contributed by atoms with Gasteiger partial charge in [-0.25, -0.2) is 4.98 Å². The number of pyridine rings is 1. The van der Waals surface area contributed by atoms with Crippen LogP contribution in [0.3, 0.4) is 0 Å². The molecule has 1 aromatic heterocycles. The number of nitrogens with one attached hydrogen (secondary N) is 1. The SMILES string of the molecule is CCC1CCCCN1c1ccc(NC(=O)c2ccc(OC)cc2)nc1. The highest BCUT2D eigenvalue weighted by atomic mass is 16.5. The first-order valence-corrected chi connectivity index (χ1v) is 8.89. The lowest BCUT2D eigenvalue weighted by Crippen LogP contribution is -2.39. The van der Waals surface area contributed by atoms with Gasteiger partial charge in [0.05, 0.1) is 19.0 Å². The number of hydrogen-bond acceptors (Lipinski definition) is 4. The van der Waals surface area contributed by atoms with Crippen molar-refractivity contribution in [1.29, 1.82) is 0 Å². The first-order valence-electron chi connectivity index (χ1n) is 8.89. The quantitative estimate of drug-likeness (QED) is 0.890. The molecule has 0 radical (unpaired) electrons. The van der Waals surface area contributed by atoms with Crippen LogP contribution in [-0.4, -0.2) is 30.6 Å². The van der Waals surface area contributed by atoms with Crippen LogP contribution in [-0.2, 0) is 0 Å². The summed E-state index contributed by atoms with van der Waals surface area (Å²) in [6.45, 7) is 3.32. The van der Waals surface area contributed by atoms with Crippen molar-refractivity contribution < 1.29 is 9.53 Å². The minimum Gasteiger partial charge on any atom is -0.497 e. The molecule has 1 saturated heterocycles. The Morgan fingerprint density at radius 2 is 2.04 bits per heavy atom. The zero-order valence-corrected chi connectivity index (χ0v) is 14.9. The summed E-state index contributed by atoms with van der Waals surface area (Å²) < 4.78 is 5.11. The van der Waals surface area contributed by atoms with Crippen molar-refractivity contribution in [3.8, 4) is 5.75 Å². The predicted molar refractivity (Wildman–Crippen MR) is 100 cm³/mol. The maximum Gasteiger partial charge on any atom is 0.256 e. The van der Waals surface area contributed by atoms with E-state index in [9.17, 15) is 4.79 Å². The van der Waals surface area contributed by atoms with Crippen LogP contribution in [0.2, 0.25) is 0 Å². The number of nitrogens with zero attached hydrogens (tertiary/aromatic N) is 2. The molecule has 5 heteroatoms. The van der Waals surface area contributed by atoms with Crippen molar-refractivity contribution in [3.63, 3.8) is 0 Å². The van der Waals surface area contributed by atoms with Gasteiger partial charge < -0.3 is 15.0 Å². The molecule has 1 aliphatic heterocycles. The average molecular weight is 339 g/mol. The first kappa shape index (κ1) is 17.3. The van der Waals surface area contributed by atoms with E-state index in [-0.39, 0.29) is 5.91 Å². The van der Waals surface area contributed by atoms with E-state index >= 15 is 0 Å². The third-order valence-electron chi connectivity index (χ3n) is 4.77. The number of piperidine rings is 1. The molecule has 1 fully saturated rings. The van der Waals surface area contributed by atoms with E-state index < -0.39 is 0 Å². The van der Waals surface area contributed by atoms with Crippen molar-refractivity contribution in [2.24, 2.45) is 0 Å². The average Bonchev–Trinajstić information content (AvgIpc) is 2.68. The molecule has 132 valence electrons. The molecular formula is C20H25N3O2. The van der Waals surface area contributed by atoms with Gasteiger partial charge in [0.15, 0.2) is 0 Å². The fraction of sp³-hybridized carbons (Fsp3) is 0.400. The molecule has 1 aromatic carbocycles. The molecule has 0 bridgehead atoms. The Labute approximate surface area is 149 Å². The van der Waals surface area contributed by atoms with E-state index in [0.29, 0.717) is 17.4 Å². The maximum absolute atomic E-state index is 12.3. The first-order chi connectivity index (χ1) is 12.2. The number of methoxy groups -OCH3 is 1. The van der Waals surface area contributed by atoms with Gasteiger partial charge in [-0.3, -0.25) is 4.79 Å². The van der Waals surface area contributed by atoms with Crippen LogP contribution in [0.5, 0.6) is 5.75 Å². The van der Waals surface area contributed by atoms with Gasteiger partial charge in [-0.2, -0.15) is 0 Å². The van der Waals surface area contributed by atoms with Crippen LogP contribution in [0.4, 0.5) is 11.5 Å². The normalized spacial score (nSPS) is 17.2. The molecule has 1 aliphatic rings. The fourth-order valence-corrected chi connectivity index (χ4v) is 3.33. The van der Waals surface area contributed by atoms with Crippen molar-refractivity contribution >= 4 is 17.4 Å². The van der Waals surface area contributed by atoms with Crippen LogP contribution in [0, 0.1) is 0 Å². The molecule has 25 heavy (non-hydrogen) atoms. The molecule has 2 aromatic rings. The van der Waals surface area contributed by atoms with Gasteiger partial charge in [0.25, 0.3) is 5.91 Å². The Morgan fingerprint density at radius 1 is 1.24 bits per heavy atom. The smallest absolute Gasteiger partial charge is 0.256 e. The fourth-order valence-electron chi connectivity index (χ4n) is 3.33. The van der Waals surface area contributed by atoms with E-state index in [1.165, 1.54) is 19.3 Å². The van der Waals surface area contributed by atoms with E-state index in [0.717, 1.165) is 24.4 Å². The second kappa shape index (κ2) is 8.01. The van der Waals surface area contributed by atoms with E-state index in [1.54, 1.807) is 31.4 Å². The largest absolute Gasteiger partial charge is 0.497 e. The Hall–Kier alpha value is -2.56. The molecule has 0 spiro atoms. The maximum atomic E-state index is 12.3. The Kier molecular flexibility index (Phi) is 5.53. The van der Waals surface area contributed by atoms with E-state index in [4.69, 9.17) is 4.74 Å². The molecule has 1 unspecified atom stereocenters. The zero-order valence-electron chi connectivity index (χ0n) is 14.9. The number of ether oxygens (including phenoxy) is 1. The zero-order chi connectivity index (χ0) is 17.6. The lowest BCUT2D eigenvalue weighted by Gasteiger charge is -2.37.